The molecule has 3 aromatic carbocycles. The third kappa shape index (κ3) is 5.00. The van der Waals surface area contributed by atoms with Gasteiger partial charge in [-0.2, -0.15) is 0 Å². The highest BCUT2D eigenvalue weighted by molar-refractivity contribution is 7.89. The Labute approximate surface area is 266 Å². The van der Waals surface area contributed by atoms with Gasteiger partial charge < -0.3 is 15.4 Å². The summed E-state index contributed by atoms with van der Waals surface area (Å²) in [6.07, 6.45) is 12.3. The van der Waals surface area contributed by atoms with Crippen molar-refractivity contribution < 1.29 is 13.2 Å². The maximum Gasteiger partial charge on any atom is 0.241 e. The number of benzene rings is 3. The zero-order chi connectivity index (χ0) is 30.5. The third-order valence-electron chi connectivity index (χ3n) is 10.6. The largest absolute Gasteiger partial charge is 0.455 e. The van der Waals surface area contributed by atoms with Crippen molar-refractivity contribution in [2.45, 2.75) is 81.9 Å². The van der Waals surface area contributed by atoms with Crippen molar-refractivity contribution in [1.29, 1.82) is 0 Å². The lowest BCUT2D eigenvalue weighted by molar-refractivity contribution is 0.431. The van der Waals surface area contributed by atoms with E-state index in [9.17, 15) is 8.42 Å². The number of ether oxygens (including phenoxy) is 1. The van der Waals surface area contributed by atoms with E-state index in [2.05, 4.69) is 26.3 Å². The Morgan fingerprint density at radius 2 is 1.58 bits per heavy atom. The fourth-order valence-electron chi connectivity index (χ4n) is 8.62. The first-order valence-electron chi connectivity index (χ1n) is 17.3. The van der Waals surface area contributed by atoms with Crippen LogP contribution in [0.4, 0.5) is 5.69 Å². The normalized spacial score (nSPS) is 18.1. The van der Waals surface area contributed by atoms with Crippen LogP contribution in [-0.4, -0.2) is 47.7 Å². The second-order valence-electron chi connectivity index (χ2n) is 13.4. The molecule has 5 aliphatic rings. The number of aryl methyl sites for hydroxylation is 2. The molecule has 0 spiro atoms. The van der Waals surface area contributed by atoms with E-state index >= 15 is 0 Å². The Bertz CT molecular complexity index is 1910. The Hall–Kier alpha value is -3.20. The average molecular weight is 626 g/mol. The zero-order valence-corrected chi connectivity index (χ0v) is 27.1. The van der Waals surface area contributed by atoms with Gasteiger partial charge in [0.2, 0.25) is 15.4 Å². The van der Waals surface area contributed by atoms with Gasteiger partial charge >= 0.3 is 0 Å². The van der Waals surface area contributed by atoms with E-state index in [0.29, 0.717) is 18.0 Å². The number of anilines is 1. The third-order valence-corrected chi connectivity index (χ3v) is 12.1. The molecule has 236 valence electrons. The molecule has 5 aliphatic heterocycles. The minimum Gasteiger partial charge on any atom is -0.455 e. The number of rotatable bonds is 9. The van der Waals surface area contributed by atoms with Gasteiger partial charge in [-0.3, -0.25) is 0 Å². The Morgan fingerprint density at radius 3 is 2.44 bits per heavy atom. The molecular weight excluding hydrogens is 580 g/mol. The molecule has 0 radical (unpaired) electrons. The first-order valence-corrected chi connectivity index (χ1v) is 18.8. The van der Waals surface area contributed by atoms with Crippen molar-refractivity contribution in [2.75, 3.05) is 44.2 Å². The fourth-order valence-corrected chi connectivity index (χ4v) is 9.90. The Balaban J connectivity index is 1.36. The van der Waals surface area contributed by atoms with Crippen molar-refractivity contribution >= 4 is 21.3 Å². The topological polar surface area (TPSA) is 87.7 Å². The van der Waals surface area contributed by atoms with Crippen LogP contribution in [0.25, 0.3) is 5.57 Å². The van der Waals surface area contributed by atoms with E-state index < -0.39 is 10.0 Å². The van der Waals surface area contributed by atoms with Crippen LogP contribution in [0.3, 0.4) is 0 Å². The first kappa shape index (κ1) is 29.2. The van der Waals surface area contributed by atoms with Gasteiger partial charge in [0.15, 0.2) is 0 Å². The van der Waals surface area contributed by atoms with Crippen LogP contribution in [-0.2, 0) is 35.7 Å². The molecule has 0 amide bonds. The number of unbranched alkanes of at least 4 members (excludes halogenated alkanes) is 3. The molecule has 45 heavy (non-hydrogen) atoms. The molecule has 8 heteroatoms. The monoisotopic (exact) mass is 625 g/mol. The SMILES string of the molecule is NCCCCCCNS(=O)(=O)c1ccccc1C1=c2cc3c4c(c2Oc2c1cc1c5c2CCCN5CCC1)CCC[N+]=4CCC3. The maximum absolute atomic E-state index is 14.0. The summed E-state index contributed by atoms with van der Waals surface area (Å²) in [6.45, 7) is 5.48. The standard InChI is InChI=1S/C37H45N4O3S/c38-17-5-1-2-6-18-39-45(42,43)32-16-4-3-13-27(32)33-30-23-25-11-7-19-40-21-9-14-28(34(25)40)36(30)44-37-29-15-10-22-41-20-8-12-26(35(29)41)24-31(33)37/h3-4,13,16,23-24,39H,1-2,5-12,14-15,17-22,38H2/q+1. The van der Waals surface area contributed by atoms with Crippen LogP contribution in [0, 0.1) is 0 Å². The van der Waals surface area contributed by atoms with E-state index in [1.54, 1.807) is 6.07 Å². The van der Waals surface area contributed by atoms with Crippen molar-refractivity contribution in [1.82, 2.24) is 9.30 Å². The molecule has 7 nitrogen and oxygen atoms in total. The number of nitrogens with two attached hydrogens (primary N) is 1. The second-order valence-corrected chi connectivity index (χ2v) is 15.2. The minimum atomic E-state index is -3.75. The number of nitrogens with one attached hydrogen (secondary N) is 1. The summed E-state index contributed by atoms with van der Waals surface area (Å²) in [6, 6.07) is 12.3. The molecule has 0 aromatic heterocycles. The maximum atomic E-state index is 14.0. The van der Waals surface area contributed by atoms with Crippen molar-refractivity contribution in [3.63, 3.8) is 0 Å². The predicted octanol–water partition coefficient (Wildman–Crippen LogP) is 3.92. The van der Waals surface area contributed by atoms with Gasteiger partial charge in [0.05, 0.1) is 10.5 Å². The number of fused-ring (bicyclic) bond motifs is 4. The quantitative estimate of drug-likeness (QED) is 0.218. The zero-order valence-electron chi connectivity index (χ0n) is 26.3. The van der Waals surface area contributed by atoms with Gasteiger partial charge in [-0.15, -0.1) is 0 Å². The molecule has 8 rings (SSSR count). The van der Waals surface area contributed by atoms with E-state index in [-0.39, 0.29) is 0 Å². The highest BCUT2D eigenvalue weighted by atomic mass is 32.2. The van der Waals surface area contributed by atoms with Gasteiger partial charge in [-0.05, 0) is 81.7 Å². The van der Waals surface area contributed by atoms with Crippen LogP contribution in [0.5, 0.6) is 11.5 Å². The Kier molecular flexibility index (Phi) is 7.70. The van der Waals surface area contributed by atoms with Crippen LogP contribution < -0.4 is 35.2 Å². The summed E-state index contributed by atoms with van der Waals surface area (Å²) >= 11 is 0. The van der Waals surface area contributed by atoms with Crippen molar-refractivity contribution in [3.05, 3.63) is 80.4 Å². The van der Waals surface area contributed by atoms with Crippen LogP contribution in [0.1, 0.15) is 84.7 Å². The summed E-state index contributed by atoms with van der Waals surface area (Å²) in [4.78, 5) is 2.91. The fraction of sp³-hybridized carbons (Fsp3) is 0.486. The summed E-state index contributed by atoms with van der Waals surface area (Å²) < 4.78 is 40.7. The van der Waals surface area contributed by atoms with Crippen LogP contribution in [0.15, 0.2) is 41.3 Å². The van der Waals surface area contributed by atoms with Gasteiger partial charge in [0, 0.05) is 71.2 Å². The molecule has 3 N–H and O–H groups in total. The van der Waals surface area contributed by atoms with Gasteiger partial charge in [-0.25, -0.2) is 17.7 Å². The number of sulfonamides is 1. The van der Waals surface area contributed by atoms with Gasteiger partial charge in [0.25, 0.3) is 0 Å². The molecule has 0 fully saturated rings. The van der Waals surface area contributed by atoms with Gasteiger partial charge in [0.1, 0.15) is 24.6 Å². The second kappa shape index (κ2) is 11.9. The predicted molar refractivity (Wildman–Crippen MR) is 179 cm³/mol. The van der Waals surface area contributed by atoms with E-state index in [4.69, 9.17) is 10.5 Å². The highest BCUT2D eigenvalue weighted by Gasteiger charge is 2.36. The van der Waals surface area contributed by atoms with E-state index in [1.165, 1.54) is 33.3 Å². The highest BCUT2D eigenvalue weighted by Crippen LogP contribution is 2.49. The van der Waals surface area contributed by atoms with Crippen molar-refractivity contribution in [2.24, 2.45) is 5.73 Å². The number of hydrogen-bond acceptors (Lipinski definition) is 5. The Morgan fingerprint density at radius 1 is 0.822 bits per heavy atom. The molecule has 3 aromatic rings. The molecule has 0 bridgehead atoms. The van der Waals surface area contributed by atoms with Crippen LogP contribution in [0.2, 0.25) is 0 Å². The molecule has 0 atom stereocenters. The summed E-state index contributed by atoms with van der Waals surface area (Å²) in [5.41, 5.74) is 15.2. The lowest BCUT2D eigenvalue weighted by atomic mass is 9.82. The summed E-state index contributed by atoms with van der Waals surface area (Å²) in [5, 5.41) is 2.43. The molecule has 0 unspecified atom stereocenters. The summed E-state index contributed by atoms with van der Waals surface area (Å²) in [7, 11) is -3.75. The first-order chi connectivity index (χ1) is 22.0. The van der Waals surface area contributed by atoms with E-state index in [1.807, 2.05) is 18.2 Å². The van der Waals surface area contributed by atoms with Crippen molar-refractivity contribution in [3.8, 4) is 11.5 Å². The smallest absolute Gasteiger partial charge is 0.241 e. The molecule has 0 saturated carbocycles. The molecule has 5 heterocycles. The average Bonchev–Trinajstić information content (AvgIpc) is 3.06. The molecular formula is C37H45N4O3S+. The molecule has 0 aliphatic carbocycles. The number of nitrogens with zero attached hydrogens (tertiary/aromatic N) is 2. The lowest BCUT2D eigenvalue weighted by Gasteiger charge is -2.39. The van der Waals surface area contributed by atoms with E-state index in [0.717, 1.165) is 137 Å². The summed E-state index contributed by atoms with van der Waals surface area (Å²) in [5.74, 6) is 1.90. The van der Waals surface area contributed by atoms with Gasteiger partial charge in [-0.1, -0.05) is 31.0 Å². The molecule has 0 saturated heterocycles. The van der Waals surface area contributed by atoms with Crippen LogP contribution >= 0.6 is 0 Å². The minimum absolute atomic E-state index is 0.349. The number of hydrogen-bond donors (Lipinski definition) is 2. The lowest BCUT2D eigenvalue weighted by Crippen LogP contribution is -2.45.